The molecule has 22 heavy (non-hydrogen) atoms. The smallest absolute Gasteiger partial charge is 0.253 e. The van der Waals surface area contributed by atoms with Crippen molar-refractivity contribution in [3.63, 3.8) is 0 Å². The number of benzene rings is 1. The van der Waals surface area contributed by atoms with Gasteiger partial charge in [-0.15, -0.1) is 4.91 Å². The van der Waals surface area contributed by atoms with Crippen molar-refractivity contribution < 1.29 is 4.79 Å². The van der Waals surface area contributed by atoms with Crippen LogP contribution in [-0.4, -0.2) is 55.5 Å². The summed E-state index contributed by atoms with van der Waals surface area (Å²) in [5.74, 6) is 0.953. The van der Waals surface area contributed by atoms with Crippen molar-refractivity contribution in [2.24, 2.45) is 16.8 Å². The second-order valence-electron chi connectivity index (χ2n) is 5.67. The summed E-state index contributed by atoms with van der Waals surface area (Å²) in [7, 11) is 1.50. The highest BCUT2D eigenvalue weighted by Crippen LogP contribution is 2.30. The molecule has 2 N–H and O–H groups in total. The van der Waals surface area contributed by atoms with Crippen LogP contribution in [-0.2, 0) is 0 Å². The van der Waals surface area contributed by atoms with Crippen molar-refractivity contribution in [2.45, 2.75) is 12.8 Å². The quantitative estimate of drug-likeness (QED) is 0.861. The lowest BCUT2D eigenvalue weighted by Gasteiger charge is -2.34. The zero-order valence-electron chi connectivity index (χ0n) is 13.1. The fraction of sp³-hybridized carbons (Fsp3) is 0.562. The van der Waals surface area contributed by atoms with Gasteiger partial charge in [0.15, 0.2) is 0 Å². The van der Waals surface area contributed by atoms with E-state index >= 15 is 0 Å². The second-order valence-corrected chi connectivity index (χ2v) is 5.67. The third-order valence-corrected chi connectivity index (χ3v) is 4.09. The Morgan fingerprint density at radius 3 is 2.23 bits per heavy atom. The SMILES string of the molecule is CN.O=Nc1ccc(C(=O)N2CCN(CC3CC3)CC2)cc1. The van der Waals surface area contributed by atoms with Gasteiger partial charge in [-0.2, -0.15) is 0 Å². The minimum absolute atomic E-state index is 0.0496. The average molecular weight is 304 g/mol. The van der Waals surface area contributed by atoms with Crippen LogP contribution in [0.1, 0.15) is 23.2 Å². The van der Waals surface area contributed by atoms with Gasteiger partial charge in [0, 0.05) is 38.3 Å². The Bertz CT molecular complexity index is 491. The fourth-order valence-corrected chi connectivity index (χ4v) is 2.65. The summed E-state index contributed by atoms with van der Waals surface area (Å²) in [6.07, 6.45) is 2.74. The molecule has 1 saturated carbocycles. The lowest BCUT2D eigenvalue weighted by atomic mass is 10.1. The van der Waals surface area contributed by atoms with Gasteiger partial charge in [0.25, 0.3) is 5.91 Å². The van der Waals surface area contributed by atoms with E-state index in [2.05, 4.69) is 15.8 Å². The van der Waals surface area contributed by atoms with E-state index in [4.69, 9.17) is 0 Å². The lowest BCUT2D eigenvalue weighted by Crippen LogP contribution is -2.49. The third kappa shape index (κ3) is 4.35. The number of hydrogen-bond acceptors (Lipinski definition) is 5. The van der Waals surface area contributed by atoms with Crippen molar-refractivity contribution in [1.82, 2.24) is 9.80 Å². The molecule has 120 valence electrons. The summed E-state index contributed by atoms with van der Waals surface area (Å²) in [4.78, 5) is 27.1. The summed E-state index contributed by atoms with van der Waals surface area (Å²) < 4.78 is 0. The van der Waals surface area contributed by atoms with Crippen LogP contribution in [0.5, 0.6) is 0 Å². The molecule has 3 rings (SSSR count). The number of carbonyl (C=O) groups is 1. The molecule has 1 aromatic rings. The molecule has 0 atom stereocenters. The molecule has 6 nitrogen and oxygen atoms in total. The zero-order chi connectivity index (χ0) is 15.9. The van der Waals surface area contributed by atoms with E-state index in [-0.39, 0.29) is 5.91 Å². The van der Waals surface area contributed by atoms with Gasteiger partial charge in [-0.1, -0.05) is 0 Å². The normalized spacial score (nSPS) is 18.4. The van der Waals surface area contributed by atoms with Gasteiger partial charge in [0.05, 0.1) is 0 Å². The monoisotopic (exact) mass is 304 g/mol. The van der Waals surface area contributed by atoms with Crippen LogP contribution in [0.15, 0.2) is 29.4 Å². The molecule has 2 aliphatic rings. The van der Waals surface area contributed by atoms with Crippen LogP contribution in [0, 0.1) is 10.8 Å². The van der Waals surface area contributed by atoms with E-state index in [0.29, 0.717) is 11.3 Å². The number of carbonyl (C=O) groups excluding carboxylic acids is 1. The standard InChI is InChI=1S/C15H19N3O2.CH5N/c19-15(13-3-5-14(16-20)6-4-13)18-9-7-17(8-10-18)11-12-1-2-12;1-2/h3-6,12H,1-2,7-11H2;2H2,1H3. The predicted octanol–water partition coefficient (Wildman–Crippen LogP) is 1.83. The molecule has 2 fully saturated rings. The molecule has 1 aromatic carbocycles. The third-order valence-electron chi connectivity index (χ3n) is 4.09. The van der Waals surface area contributed by atoms with E-state index in [0.717, 1.165) is 32.1 Å². The minimum atomic E-state index is 0.0496. The number of piperazine rings is 1. The molecule has 0 unspecified atom stereocenters. The largest absolute Gasteiger partial charge is 0.336 e. The van der Waals surface area contributed by atoms with Gasteiger partial charge in [-0.25, -0.2) is 0 Å². The highest BCUT2D eigenvalue weighted by atomic mass is 16.3. The topological polar surface area (TPSA) is 79.0 Å². The number of hydrogen-bond donors (Lipinski definition) is 1. The summed E-state index contributed by atoms with van der Waals surface area (Å²) in [6.45, 7) is 4.71. The van der Waals surface area contributed by atoms with Gasteiger partial charge in [0.2, 0.25) is 0 Å². The van der Waals surface area contributed by atoms with E-state index in [1.54, 1.807) is 24.3 Å². The molecule has 1 amide bonds. The van der Waals surface area contributed by atoms with Crippen LogP contribution in [0.4, 0.5) is 5.69 Å². The van der Waals surface area contributed by atoms with Crippen molar-refractivity contribution >= 4 is 11.6 Å². The van der Waals surface area contributed by atoms with E-state index in [9.17, 15) is 9.70 Å². The highest BCUT2D eigenvalue weighted by Gasteiger charge is 2.27. The zero-order valence-corrected chi connectivity index (χ0v) is 13.1. The van der Waals surface area contributed by atoms with E-state index in [1.165, 1.54) is 26.4 Å². The summed E-state index contributed by atoms with van der Waals surface area (Å²) in [5.41, 5.74) is 5.49. The Morgan fingerprint density at radius 1 is 1.14 bits per heavy atom. The number of nitrogens with two attached hydrogens (primary N) is 1. The van der Waals surface area contributed by atoms with Crippen molar-refractivity contribution in [3.8, 4) is 0 Å². The molecule has 1 heterocycles. The second kappa shape index (κ2) is 8.00. The van der Waals surface area contributed by atoms with Crippen LogP contribution in [0.2, 0.25) is 0 Å². The summed E-state index contributed by atoms with van der Waals surface area (Å²) in [6, 6.07) is 6.53. The molecule has 1 saturated heterocycles. The Morgan fingerprint density at radius 2 is 1.73 bits per heavy atom. The lowest BCUT2D eigenvalue weighted by molar-refractivity contribution is 0.0632. The van der Waals surface area contributed by atoms with Gasteiger partial charge in [0.1, 0.15) is 5.69 Å². The van der Waals surface area contributed by atoms with E-state index in [1.807, 2.05) is 4.90 Å². The molecular weight excluding hydrogens is 280 g/mol. The molecule has 1 aliphatic heterocycles. The molecule has 0 spiro atoms. The van der Waals surface area contributed by atoms with Gasteiger partial charge in [-0.3, -0.25) is 9.69 Å². The van der Waals surface area contributed by atoms with Crippen molar-refractivity contribution in [3.05, 3.63) is 34.7 Å². The maximum Gasteiger partial charge on any atom is 0.253 e. The van der Waals surface area contributed by atoms with Crippen molar-refractivity contribution in [2.75, 3.05) is 39.8 Å². The maximum atomic E-state index is 12.3. The Kier molecular flexibility index (Phi) is 6.03. The Balaban J connectivity index is 0.000000847. The molecule has 0 aromatic heterocycles. The summed E-state index contributed by atoms with van der Waals surface area (Å²) in [5, 5.41) is 2.85. The highest BCUT2D eigenvalue weighted by molar-refractivity contribution is 5.94. The number of nitrogens with zero attached hydrogens (tertiary/aromatic N) is 3. The van der Waals surface area contributed by atoms with Crippen molar-refractivity contribution in [1.29, 1.82) is 0 Å². The molecule has 1 aliphatic carbocycles. The molecular formula is C16H24N4O2. The van der Waals surface area contributed by atoms with Crippen LogP contribution in [0.25, 0.3) is 0 Å². The molecule has 6 heteroatoms. The first kappa shape index (κ1) is 16.6. The van der Waals surface area contributed by atoms with Crippen LogP contribution >= 0.6 is 0 Å². The average Bonchev–Trinajstić information content (AvgIpc) is 3.41. The maximum absolute atomic E-state index is 12.3. The molecule has 0 radical (unpaired) electrons. The van der Waals surface area contributed by atoms with Gasteiger partial charge >= 0.3 is 0 Å². The number of nitroso groups, excluding NO2 is 1. The Hall–Kier alpha value is -1.79. The van der Waals surface area contributed by atoms with Crippen LogP contribution < -0.4 is 5.73 Å². The van der Waals surface area contributed by atoms with Gasteiger partial charge in [-0.05, 0) is 55.2 Å². The summed E-state index contributed by atoms with van der Waals surface area (Å²) >= 11 is 0. The van der Waals surface area contributed by atoms with Gasteiger partial charge < -0.3 is 10.6 Å². The molecule has 0 bridgehead atoms. The minimum Gasteiger partial charge on any atom is -0.336 e. The number of rotatable bonds is 4. The fourth-order valence-electron chi connectivity index (χ4n) is 2.65. The van der Waals surface area contributed by atoms with E-state index < -0.39 is 0 Å². The van der Waals surface area contributed by atoms with Crippen LogP contribution in [0.3, 0.4) is 0 Å². The number of amides is 1. The first-order valence-corrected chi connectivity index (χ1v) is 7.79. The first-order valence-electron chi connectivity index (χ1n) is 7.79. The Labute approximate surface area is 131 Å². The predicted molar refractivity (Wildman–Crippen MR) is 87.1 cm³/mol. The first-order chi connectivity index (χ1) is 10.8.